The zero-order valence-corrected chi connectivity index (χ0v) is 15.3. The lowest BCUT2D eigenvalue weighted by molar-refractivity contribution is -0.128. The van der Waals surface area contributed by atoms with E-state index < -0.39 is 0 Å². The molecule has 3 rings (SSSR count). The zero-order valence-electron chi connectivity index (χ0n) is 15.3. The maximum Gasteiger partial charge on any atom is 0.237 e. The fourth-order valence-corrected chi connectivity index (χ4v) is 3.43. The second-order valence-electron chi connectivity index (χ2n) is 7.30. The van der Waals surface area contributed by atoms with E-state index in [0.29, 0.717) is 6.54 Å². The molecule has 138 valence electrons. The number of likely N-dealkylation sites (tertiary alicyclic amines) is 1. The van der Waals surface area contributed by atoms with Crippen molar-refractivity contribution in [3.8, 4) is 12.3 Å². The van der Waals surface area contributed by atoms with Crippen LogP contribution in [0, 0.1) is 18.3 Å². The highest BCUT2D eigenvalue weighted by atomic mass is 16.2. The number of hydrogen-bond acceptors (Lipinski definition) is 3. The summed E-state index contributed by atoms with van der Waals surface area (Å²) in [7, 11) is 0. The molecule has 0 bridgehead atoms. The quantitative estimate of drug-likeness (QED) is 0.773. The van der Waals surface area contributed by atoms with Gasteiger partial charge in [0.25, 0.3) is 0 Å². The van der Waals surface area contributed by atoms with Crippen LogP contribution in [0.3, 0.4) is 0 Å². The number of anilines is 1. The summed E-state index contributed by atoms with van der Waals surface area (Å²) in [6, 6.07) is 7.46. The van der Waals surface area contributed by atoms with Crippen molar-refractivity contribution in [1.82, 2.24) is 10.2 Å². The smallest absolute Gasteiger partial charge is 0.237 e. The summed E-state index contributed by atoms with van der Waals surface area (Å²) in [5.74, 6) is 2.98. The molecule has 2 unspecified atom stereocenters. The monoisotopic (exact) mass is 353 g/mol. The van der Waals surface area contributed by atoms with Gasteiger partial charge in [-0.25, -0.2) is 0 Å². The average molecular weight is 353 g/mol. The predicted octanol–water partition coefficient (Wildman–Crippen LogP) is 2.70. The Morgan fingerprint density at radius 3 is 2.58 bits per heavy atom. The number of terminal acetylenes is 1. The molecule has 5 nitrogen and oxygen atoms in total. The van der Waals surface area contributed by atoms with Crippen molar-refractivity contribution >= 4 is 17.5 Å². The first-order valence-corrected chi connectivity index (χ1v) is 9.47. The van der Waals surface area contributed by atoms with Crippen molar-refractivity contribution in [2.75, 3.05) is 18.4 Å². The average Bonchev–Trinajstić information content (AvgIpc) is 3.48. The number of piperidine rings is 1. The van der Waals surface area contributed by atoms with Gasteiger partial charge in [-0.15, -0.1) is 6.42 Å². The van der Waals surface area contributed by atoms with Crippen LogP contribution in [0.1, 0.15) is 50.6 Å². The van der Waals surface area contributed by atoms with Crippen molar-refractivity contribution in [3.05, 3.63) is 29.8 Å². The molecule has 0 aromatic heterocycles. The fourth-order valence-electron chi connectivity index (χ4n) is 3.43. The normalized spacial score (nSPS) is 21.5. The number of rotatable bonds is 6. The lowest BCUT2D eigenvalue weighted by Crippen LogP contribution is -2.49. The molecule has 1 aromatic carbocycles. The van der Waals surface area contributed by atoms with E-state index in [1.165, 1.54) is 0 Å². The van der Waals surface area contributed by atoms with Crippen molar-refractivity contribution in [2.24, 2.45) is 5.92 Å². The summed E-state index contributed by atoms with van der Waals surface area (Å²) in [6.45, 7) is 3.37. The molecule has 2 fully saturated rings. The van der Waals surface area contributed by atoms with Crippen LogP contribution in [-0.2, 0) is 9.59 Å². The van der Waals surface area contributed by atoms with Gasteiger partial charge in [-0.2, -0.15) is 0 Å². The van der Waals surface area contributed by atoms with Gasteiger partial charge >= 0.3 is 0 Å². The largest absolute Gasteiger partial charge is 0.348 e. The second-order valence-corrected chi connectivity index (χ2v) is 7.30. The third kappa shape index (κ3) is 4.64. The van der Waals surface area contributed by atoms with Crippen LogP contribution in [0.4, 0.5) is 5.69 Å². The number of amides is 2. The van der Waals surface area contributed by atoms with Crippen molar-refractivity contribution in [2.45, 2.75) is 51.1 Å². The van der Waals surface area contributed by atoms with E-state index in [4.69, 9.17) is 6.42 Å². The molecule has 0 spiro atoms. The van der Waals surface area contributed by atoms with E-state index in [1.54, 1.807) is 0 Å². The highest BCUT2D eigenvalue weighted by molar-refractivity contribution is 5.94. The molecule has 2 aliphatic rings. The third-order valence-electron chi connectivity index (χ3n) is 5.20. The predicted molar refractivity (Wildman–Crippen MR) is 102 cm³/mol. The van der Waals surface area contributed by atoms with Crippen LogP contribution < -0.4 is 10.6 Å². The fraction of sp³-hybridized carbons (Fsp3) is 0.524. The number of carbonyl (C=O) groups is 2. The first-order valence-electron chi connectivity index (χ1n) is 9.47. The van der Waals surface area contributed by atoms with E-state index >= 15 is 0 Å². The summed E-state index contributed by atoms with van der Waals surface area (Å²) in [5.41, 5.74) is 1.82. The Kier molecular flexibility index (Phi) is 5.95. The van der Waals surface area contributed by atoms with Gasteiger partial charge in [-0.05, 0) is 56.8 Å². The Labute approximate surface area is 155 Å². The SMILES string of the molecule is C#CCN1CCCCC1C(=O)NC(C)c1ccc(NC(=O)C2CC2)cc1. The lowest BCUT2D eigenvalue weighted by atomic mass is 10.0. The second kappa shape index (κ2) is 8.37. The molecule has 1 saturated carbocycles. The summed E-state index contributed by atoms with van der Waals surface area (Å²) >= 11 is 0. The van der Waals surface area contributed by atoms with Crippen molar-refractivity contribution in [3.63, 3.8) is 0 Å². The van der Waals surface area contributed by atoms with Crippen LogP contribution in [0.15, 0.2) is 24.3 Å². The minimum absolute atomic E-state index is 0.0403. The van der Waals surface area contributed by atoms with Crippen LogP contribution in [0.2, 0.25) is 0 Å². The van der Waals surface area contributed by atoms with Crippen LogP contribution in [0.5, 0.6) is 0 Å². The Bertz CT molecular complexity index is 688. The number of hydrogen-bond donors (Lipinski definition) is 2. The molecule has 1 heterocycles. The number of benzene rings is 1. The molecule has 0 radical (unpaired) electrons. The molecule has 26 heavy (non-hydrogen) atoms. The van der Waals surface area contributed by atoms with Gasteiger partial charge in [0.15, 0.2) is 0 Å². The molecule has 2 amide bonds. The first kappa shape index (κ1) is 18.5. The zero-order chi connectivity index (χ0) is 18.5. The maximum atomic E-state index is 12.7. The molecule has 5 heteroatoms. The topological polar surface area (TPSA) is 61.4 Å². The molecular formula is C21H27N3O2. The van der Waals surface area contributed by atoms with Gasteiger partial charge in [0.2, 0.25) is 11.8 Å². The highest BCUT2D eigenvalue weighted by Crippen LogP contribution is 2.30. The van der Waals surface area contributed by atoms with Crippen LogP contribution in [0.25, 0.3) is 0 Å². The maximum absolute atomic E-state index is 12.7. The highest BCUT2D eigenvalue weighted by Gasteiger charge is 2.30. The Morgan fingerprint density at radius 1 is 1.19 bits per heavy atom. The van der Waals surface area contributed by atoms with Crippen molar-refractivity contribution in [1.29, 1.82) is 0 Å². The van der Waals surface area contributed by atoms with Crippen LogP contribution in [-0.4, -0.2) is 35.8 Å². The molecule has 1 aromatic rings. The Balaban J connectivity index is 1.56. The van der Waals surface area contributed by atoms with Gasteiger partial charge in [0, 0.05) is 11.6 Å². The Hall–Kier alpha value is -2.32. The summed E-state index contributed by atoms with van der Waals surface area (Å²) in [6.07, 6.45) is 10.4. The van der Waals surface area contributed by atoms with Gasteiger partial charge in [-0.3, -0.25) is 14.5 Å². The van der Waals surface area contributed by atoms with Gasteiger partial charge in [-0.1, -0.05) is 24.5 Å². The molecule has 1 saturated heterocycles. The standard InChI is InChI=1S/C21H27N3O2/c1-3-13-24-14-5-4-6-19(24)21(26)22-15(2)16-9-11-18(12-10-16)23-20(25)17-7-8-17/h1,9-12,15,17,19H,4-8,13-14H2,2H3,(H,22,26)(H,23,25). The van der Waals surface area contributed by atoms with Crippen LogP contribution >= 0.6 is 0 Å². The van der Waals surface area contributed by atoms with Crippen molar-refractivity contribution < 1.29 is 9.59 Å². The summed E-state index contributed by atoms with van der Waals surface area (Å²) in [5, 5.41) is 6.04. The Morgan fingerprint density at radius 2 is 1.92 bits per heavy atom. The molecule has 2 N–H and O–H groups in total. The van der Waals surface area contributed by atoms with E-state index in [0.717, 1.165) is 49.9 Å². The minimum atomic E-state index is -0.139. The van der Waals surface area contributed by atoms with Gasteiger partial charge in [0.1, 0.15) is 0 Å². The lowest BCUT2D eigenvalue weighted by Gasteiger charge is -2.34. The number of nitrogens with zero attached hydrogens (tertiary/aromatic N) is 1. The third-order valence-corrected chi connectivity index (χ3v) is 5.20. The minimum Gasteiger partial charge on any atom is -0.348 e. The van der Waals surface area contributed by atoms with E-state index in [2.05, 4.69) is 21.5 Å². The molecule has 1 aliphatic heterocycles. The van der Waals surface area contributed by atoms with E-state index in [1.807, 2.05) is 31.2 Å². The van der Waals surface area contributed by atoms with Gasteiger partial charge in [0.05, 0.1) is 18.6 Å². The summed E-state index contributed by atoms with van der Waals surface area (Å²) < 4.78 is 0. The first-order chi connectivity index (χ1) is 12.6. The van der Waals surface area contributed by atoms with E-state index in [9.17, 15) is 9.59 Å². The number of carbonyl (C=O) groups excluding carboxylic acids is 2. The molecule has 1 aliphatic carbocycles. The molecular weight excluding hydrogens is 326 g/mol. The van der Waals surface area contributed by atoms with E-state index in [-0.39, 0.29) is 29.8 Å². The number of nitrogens with one attached hydrogen (secondary N) is 2. The summed E-state index contributed by atoms with van der Waals surface area (Å²) in [4.78, 5) is 26.6. The molecule has 2 atom stereocenters. The van der Waals surface area contributed by atoms with Gasteiger partial charge < -0.3 is 10.6 Å².